The molecule has 0 spiro atoms. The zero-order valence-corrected chi connectivity index (χ0v) is 9.29. The lowest BCUT2D eigenvalue weighted by Crippen LogP contribution is -2.15. The van der Waals surface area contributed by atoms with Gasteiger partial charge >= 0.3 is 0 Å². The van der Waals surface area contributed by atoms with Crippen molar-refractivity contribution >= 4 is 0 Å². The first-order valence-electron chi connectivity index (χ1n) is 5.24. The minimum absolute atomic E-state index is 0.232. The first-order valence-corrected chi connectivity index (χ1v) is 5.24. The third-order valence-corrected chi connectivity index (χ3v) is 2.33. The molecule has 0 heterocycles. The summed E-state index contributed by atoms with van der Waals surface area (Å²) in [5, 5.41) is 0. The summed E-state index contributed by atoms with van der Waals surface area (Å²) in [6.45, 7) is 5.10. The molecule has 84 valence electrons. The van der Waals surface area contributed by atoms with Crippen molar-refractivity contribution in [1.29, 1.82) is 0 Å². The minimum Gasteiger partial charge on any atom is -0.382 e. The fraction of sp³-hybridized carbons (Fsp3) is 0.500. The van der Waals surface area contributed by atoms with Crippen molar-refractivity contribution in [3.8, 4) is 0 Å². The van der Waals surface area contributed by atoms with Gasteiger partial charge in [-0.05, 0) is 26.3 Å². The second-order valence-corrected chi connectivity index (χ2v) is 3.62. The van der Waals surface area contributed by atoms with E-state index in [1.54, 1.807) is 12.1 Å². The van der Waals surface area contributed by atoms with Gasteiger partial charge in [0, 0.05) is 24.8 Å². The average molecular weight is 211 g/mol. The van der Waals surface area contributed by atoms with Gasteiger partial charge in [-0.25, -0.2) is 4.39 Å². The molecule has 0 aromatic heterocycles. The van der Waals surface area contributed by atoms with Gasteiger partial charge in [-0.15, -0.1) is 0 Å². The van der Waals surface area contributed by atoms with Gasteiger partial charge in [0.2, 0.25) is 0 Å². The predicted molar refractivity (Wildman–Crippen MR) is 59.2 cm³/mol. The number of rotatable bonds is 5. The van der Waals surface area contributed by atoms with Crippen molar-refractivity contribution < 1.29 is 9.13 Å². The van der Waals surface area contributed by atoms with Gasteiger partial charge in [0.05, 0.1) is 0 Å². The van der Waals surface area contributed by atoms with Crippen LogP contribution in [-0.2, 0) is 4.74 Å². The standard InChI is InChI=1S/C12H18FNO/c1-3-15-7-6-12(14)10-8-9(2)4-5-11(10)13/h4-5,8,12H,3,6-7,14H2,1-2H3. The second-order valence-electron chi connectivity index (χ2n) is 3.62. The van der Waals surface area contributed by atoms with Crippen LogP contribution in [0.15, 0.2) is 18.2 Å². The maximum absolute atomic E-state index is 13.4. The molecule has 0 fully saturated rings. The molecule has 0 saturated heterocycles. The van der Waals surface area contributed by atoms with Gasteiger partial charge in [-0.1, -0.05) is 17.7 Å². The third kappa shape index (κ3) is 3.61. The first kappa shape index (κ1) is 12.1. The summed E-state index contributed by atoms with van der Waals surface area (Å²) in [7, 11) is 0. The number of halogens is 1. The molecule has 0 aliphatic carbocycles. The van der Waals surface area contributed by atoms with Crippen LogP contribution in [0.5, 0.6) is 0 Å². The van der Waals surface area contributed by atoms with Gasteiger partial charge in [-0.2, -0.15) is 0 Å². The van der Waals surface area contributed by atoms with E-state index in [0.29, 0.717) is 25.2 Å². The Labute approximate surface area is 90.2 Å². The summed E-state index contributed by atoms with van der Waals surface area (Å²) in [5.41, 5.74) is 7.49. The molecule has 1 unspecified atom stereocenters. The molecule has 1 rings (SSSR count). The molecule has 0 bridgehead atoms. The summed E-state index contributed by atoms with van der Waals surface area (Å²) >= 11 is 0. The maximum Gasteiger partial charge on any atom is 0.127 e. The zero-order valence-electron chi connectivity index (χ0n) is 9.29. The van der Waals surface area contributed by atoms with Crippen molar-refractivity contribution in [2.45, 2.75) is 26.3 Å². The van der Waals surface area contributed by atoms with Crippen molar-refractivity contribution in [3.63, 3.8) is 0 Å². The zero-order chi connectivity index (χ0) is 11.3. The molecule has 0 radical (unpaired) electrons. The smallest absolute Gasteiger partial charge is 0.127 e. The fourth-order valence-corrected chi connectivity index (χ4v) is 1.46. The summed E-state index contributed by atoms with van der Waals surface area (Å²) in [4.78, 5) is 0. The quantitative estimate of drug-likeness (QED) is 0.760. The van der Waals surface area contributed by atoms with E-state index >= 15 is 0 Å². The van der Waals surface area contributed by atoms with E-state index in [4.69, 9.17) is 10.5 Å². The summed E-state index contributed by atoms with van der Waals surface area (Å²) in [5.74, 6) is -0.232. The highest BCUT2D eigenvalue weighted by atomic mass is 19.1. The van der Waals surface area contributed by atoms with Crippen LogP contribution in [0.4, 0.5) is 4.39 Å². The third-order valence-electron chi connectivity index (χ3n) is 2.33. The lowest BCUT2D eigenvalue weighted by molar-refractivity contribution is 0.139. The molecule has 2 N–H and O–H groups in total. The summed E-state index contributed by atoms with van der Waals surface area (Å²) in [6.07, 6.45) is 0.647. The summed E-state index contributed by atoms with van der Waals surface area (Å²) in [6, 6.07) is 4.72. The average Bonchev–Trinajstić information content (AvgIpc) is 2.22. The van der Waals surface area contributed by atoms with Crippen LogP contribution in [0.1, 0.15) is 30.5 Å². The van der Waals surface area contributed by atoms with Gasteiger partial charge in [-0.3, -0.25) is 0 Å². The molecule has 2 nitrogen and oxygen atoms in total. The van der Waals surface area contributed by atoms with E-state index < -0.39 is 0 Å². The van der Waals surface area contributed by atoms with E-state index in [1.165, 1.54) is 6.07 Å². The Morgan fingerprint density at radius 3 is 2.87 bits per heavy atom. The van der Waals surface area contributed by atoms with Gasteiger partial charge < -0.3 is 10.5 Å². The number of nitrogens with two attached hydrogens (primary N) is 1. The van der Waals surface area contributed by atoms with E-state index in [9.17, 15) is 4.39 Å². The Morgan fingerprint density at radius 2 is 2.20 bits per heavy atom. The predicted octanol–water partition coefficient (Wildman–Crippen LogP) is 2.56. The van der Waals surface area contributed by atoms with E-state index in [0.717, 1.165) is 5.56 Å². The lowest BCUT2D eigenvalue weighted by Gasteiger charge is -2.13. The first-order chi connectivity index (χ1) is 7.15. The summed E-state index contributed by atoms with van der Waals surface area (Å²) < 4.78 is 18.6. The molecular weight excluding hydrogens is 193 g/mol. The SMILES string of the molecule is CCOCCC(N)c1cc(C)ccc1F. The van der Waals surface area contributed by atoms with Crippen LogP contribution < -0.4 is 5.73 Å². The molecule has 0 aliphatic rings. The van der Waals surface area contributed by atoms with E-state index in [2.05, 4.69) is 0 Å². The second kappa shape index (κ2) is 5.83. The molecule has 3 heteroatoms. The molecule has 0 amide bonds. The molecule has 15 heavy (non-hydrogen) atoms. The van der Waals surface area contributed by atoms with Crippen molar-refractivity contribution in [2.24, 2.45) is 5.73 Å². The topological polar surface area (TPSA) is 35.2 Å². The molecular formula is C12H18FNO. The van der Waals surface area contributed by atoms with Gasteiger partial charge in [0.25, 0.3) is 0 Å². The van der Waals surface area contributed by atoms with Gasteiger partial charge in [0.1, 0.15) is 5.82 Å². The van der Waals surface area contributed by atoms with Crippen LogP contribution in [0.3, 0.4) is 0 Å². The monoisotopic (exact) mass is 211 g/mol. The van der Waals surface area contributed by atoms with E-state index in [1.807, 2.05) is 13.8 Å². The Morgan fingerprint density at radius 1 is 1.47 bits per heavy atom. The van der Waals surface area contributed by atoms with Gasteiger partial charge in [0.15, 0.2) is 0 Å². The number of hydrogen-bond acceptors (Lipinski definition) is 2. The largest absolute Gasteiger partial charge is 0.382 e. The number of hydrogen-bond donors (Lipinski definition) is 1. The lowest BCUT2D eigenvalue weighted by atomic mass is 10.0. The van der Waals surface area contributed by atoms with E-state index in [-0.39, 0.29) is 11.9 Å². The number of ether oxygens (including phenoxy) is 1. The maximum atomic E-state index is 13.4. The molecule has 0 aliphatic heterocycles. The highest BCUT2D eigenvalue weighted by Crippen LogP contribution is 2.19. The van der Waals surface area contributed by atoms with Crippen LogP contribution >= 0.6 is 0 Å². The Bertz CT molecular complexity index is 314. The molecule has 1 aromatic carbocycles. The van der Waals surface area contributed by atoms with Crippen molar-refractivity contribution in [3.05, 3.63) is 35.1 Å². The van der Waals surface area contributed by atoms with Crippen molar-refractivity contribution in [1.82, 2.24) is 0 Å². The van der Waals surface area contributed by atoms with Crippen LogP contribution in [0.2, 0.25) is 0 Å². The van der Waals surface area contributed by atoms with Crippen LogP contribution in [0.25, 0.3) is 0 Å². The van der Waals surface area contributed by atoms with Crippen molar-refractivity contribution in [2.75, 3.05) is 13.2 Å². The number of benzene rings is 1. The Kier molecular flexibility index (Phi) is 4.72. The molecule has 1 atom stereocenters. The molecule has 1 aromatic rings. The highest BCUT2D eigenvalue weighted by molar-refractivity contribution is 5.26. The normalized spacial score (nSPS) is 12.8. The number of aryl methyl sites for hydroxylation is 1. The fourth-order valence-electron chi connectivity index (χ4n) is 1.46. The Balaban J connectivity index is 2.64. The van der Waals surface area contributed by atoms with Crippen LogP contribution in [-0.4, -0.2) is 13.2 Å². The minimum atomic E-state index is -0.281. The van der Waals surface area contributed by atoms with Crippen LogP contribution in [0, 0.1) is 12.7 Å². The molecule has 0 saturated carbocycles. The Hall–Kier alpha value is -0.930. The highest BCUT2D eigenvalue weighted by Gasteiger charge is 2.11.